The number of anilines is 2. The lowest BCUT2D eigenvalue weighted by Crippen LogP contribution is -2.24. The zero-order chi connectivity index (χ0) is 20.3. The second-order valence-corrected chi connectivity index (χ2v) is 8.08. The second kappa shape index (κ2) is 8.02. The minimum atomic E-state index is -0.513. The topological polar surface area (TPSA) is 79.2 Å². The molecule has 148 valence electrons. The first kappa shape index (κ1) is 19.9. The first-order valence-electron chi connectivity index (χ1n) is 9.52. The van der Waals surface area contributed by atoms with Gasteiger partial charge >= 0.3 is 0 Å². The fourth-order valence-corrected chi connectivity index (χ4v) is 3.19. The van der Waals surface area contributed by atoms with Crippen molar-refractivity contribution in [3.63, 3.8) is 0 Å². The van der Waals surface area contributed by atoms with Crippen molar-refractivity contribution in [2.75, 3.05) is 17.2 Å². The number of carbonyl (C=O) groups is 1. The summed E-state index contributed by atoms with van der Waals surface area (Å²) in [5.41, 5.74) is 3.51. The highest BCUT2D eigenvalue weighted by Gasteiger charge is 2.19. The fourth-order valence-electron chi connectivity index (χ4n) is 3.19. The van der Waals surface area contributed by atoms with Crippen LogP contribution in [0.25, 0.3) is 11.0 Å². The number of para-hydroxylation sites is 3. The molecule has 0 aliphatic carbocycles. The van der Waals surface area contributed by atoms with Gasteiger partial charge in [-0.1, -0.05) is 51.1 Å². The van der Waals surface area contributed by atoms with Crippen molar-refractivity contribution in [3.8, 4) is 0 Å². The predicted octanol–water partition coefficient (Wildman–Crippen LogP) is 3.77. The van der Waals surface area contributed by atoms with E-state index in [2.05, 4.69) is 36.4 Å². The van der Waals surface area contributed by atoms with Gasteiger partial charge in [-0.25, -0.2) is 4.98 Å². The molecule has 1 amide bonds. The summed E-state index contributed by atoms with van der Waals surface area (Å²) in [5.74, 6) is 0.446. The molecule has 3 N–H and O–H groups in total. The van der Waals surface area contributed by atoms with Crippen LogP contribution in [-0.2, 0) is 16.8 Å². The van der Waals surface area contributed by atoms with E-state index in [4.69, 9.17) is 0 Å². The average molecular weight is 380 g/mol. The highest BCUT2D eigenvalue weighted by atomic mass is 16.3. The Morgan fingerprint density at radius 2 is 1.82 bits per heavy atom. The molecule has 1 unspecified atom stereocenters. The van der Waals surface area contributed by atoms with Crippen LogP contribution in [0.5, 0.6) is 0 Å². The van der Waals surface area contributed by atoms with Gasteiger partial charge in [-0.15, -0.1) is 0 Å². The van der Waals surface area contributed by atoms with Crippen LogP contribution in [-0.4, -0.2) is 33.2 Å². The summed E-state index contributed by atoms with van der Waals surface area (Å²) in [4.78, 5) is 17.4. The number of benzene rings is 2. The molecule has 0 bridgehead atoms. The number of aliphatic hydroxyl groups is 1. The molecule has 0 saturated heterocycles. The summed E-state index contributed by atoms with van der Waals surface area (Å²) in [6.45, 7) is 8.56. The number of hydrogen-bond donors (Lipinski definition) is 3. The number of hydrogen-bond acceptors (Lipinski definition) is 4. The van der Waals surface area contributed by atoms with E-state index in [1.807, 2.05) is 53.1 Å². The van der Waals surface area contributed by atoms with E-state index in [0.717, 1.165) is 22.3 Å². The minimum absolute atomic E-state index is 0.0739. The zero-order valence-corrected chi connectivity index (χ0v) is 16.9. The average Bonchev–Trinajstić information content (AvgIpc) is 2.97. The zero-order valence-electron chi connectivity index (χ0n) is 16.9. The molecular weight excluding hydrogens is 352 g/mol. The highest BCUT2D eigenvalue weighted by molar-refractivity contribution is 5.93. The molecule has 0 radical (unpaired) electrons. The van der Waals surface area contributed by atoms with Gasteiger partial charge in [0.15, 0.2) is 0 Å². The van der Waals surface area contributed by atoms with Crippen LogP contribution < -0.4 is 10.6 Å². The van der Waals surface area contributed by atoms with Crippen molar-refractivity contribution in [3.05, 3.63) is 54.1 Å². The molecule has 2 aromatic carbocycles. The van der Waals surface area contributed by atoms with Crippen LogP contribution in [0.1, 0.15) is 33.3 Å². The maximum absolute atomic E-state index is 12.9. The molecule has 0 aliphatic heterocycles. The maximum Gasteiger partial charge on any atom is 0.244 e. The van der Waals surface area contributed by atoms with Gasteiger partial charge in [0, 0.05) is 12.2 Å². The van der Waals surface area contributed by atoms with Crippen molar-refractivity contribution in [2.45, 2.75) is 45.8 Å². The van der Waals surface area contributed by atoms with Gasteiger partial charge in [0.05, 0.1) is 17.1 Å². The van der Waals surface area contributed by atoms with E-state index in [0.29, 0.717) is 12.5 Å². The molecule has 6 nitrogen and oxygen atoms in total. The van der Waals surface area contributed by atoms with Crippen molar-refractivity contribution in [2.24, 2.45) is 0 Å². The third-order valence-corrected chi connectivity index (χ3v) is 4.52. The van der Waals surface area contributed by atoms with Crippen LogP contribution >= 0.6 is 0 Å². The summed E-state index contributed by atoms with van der Waals surface area (Å²) in [5, 5.41) is 15.8. The van der Waals surface area contributed by atoms with Crippen molar-refractivity contribution in [1.82, 2.24) is 9.55 Å². The molecule has 1 aromatic heterocycles. The number of nitrogens with one attached hydrogen (secondary N) is 2. The molecule has 0 aliphatic rings. The Morgan fingerprint density at radius 3 is 2.54 bits per heavy atom. The minimum Gasteiger partial charge on any atom is -0.392 e. The van der Waals surface area contributed by atoms with E-state index in [1.165, 1.54) is 0 Å². The van der Waals surface area contributed by atoms with E-state index in [1.54, 1.807) is 6.92 Å². The molecule has 1 atom stereocenters. The lowest BCUT2D eigenvalue weighted by atomic mass is 9.86. The predicted molar refractivity (Wildman–Crippen MR) is 114 cm³/mol. The first-order chi connectivity index (χ1) is 13.3. The van der Waals surface area contributed by atoms with Crippen LogP contribution in [0.15, 0.2) is 48.5 Å². The van der Waals surface area contributed by atoms with Gasteiger partial charge in [0.2, 0.25) is 11.9 Å². The van der Waals surface area contributed by atoms with Gasteiger partial charge in [0.1, 0.15) is 6.54 Å². The van der Waals surface area contributed by atoms with Crippen molar-refractivity contribution >= 4 is 28.6 Å². The van der Waals surface area contributed by atoms with Gasteiger partial charge in [-0.2, -0.15) is 0 Å². The second-order valence-electron chi connectivity index (χ2n) is 8.08. The molecule has 0 saturated carbocycles. The van der Waals surface area contributed by atoms with Gasteiger partial charge in [-0.05, 0) is 36.1 Å². The summed E-state index contributed by atoms with van der Waals surface area (Å²) in [6, 6.07) is 15.6. The number of nitrogens with zero attached hydrogens (tertiary/aromatic N) is 2. The number of carbonyl (C=O) groups excluding carboxylic acids is 1. The standard InChI is InChI=1S/C22H28N4O2/c1-15(27)13-23-21-25-18-11-7-8-12-19(18)26(21)14-20(28)24-17-10-6-5-9-16(17)22(2,3)4/h5-12,15,27H,13-14H2,1-4H3,(H,23,25)(H,24,28). The number of amides is 1. The van der Waals surface area contributed by atoms with Gasteiger partial charge < -0.3 is 20.3 Å². The normalized spacial score (nSPS) is 12.8. The molecule has 0 spiro atoms. The summed E-state index contributed by atoms with van der Waals surface area (Å²) in [7, 11) is 0. The molecular formula is C22H28N4O2. The van der Waals surface area contributed by atoms with Crippen molar-refractivity contribution < 1.29 is 9.90 Å². The number of fused-ring (bicyclic) bond motifs is 1. The number of imidazole rings is 1. The molecule has 28 heavy (non-hydrogen) atoms. The Labute approximate surface area is 165 Å². The Morgan fingerprint density at radius 1 is 1.14 bits per heavy atom. The Kier molecular flexibility index (Phi) is 5.70. The lowest BCUT2D eigenvalue weighted by molar-refractivity contribution is -0.116. The Hall–Kier alpha value is -2.86. The highest BCUT2D eigenvalue weighted by Crippen LogP contribution is 2.29. The third-order valence-electron chi connectivity index (χ3n) is 4.52. The Bertz CT molecular complexity index is 970. The molecule has 3 rings (SSSR count). The van der Waals surface area contributed by atoms with Crippen LogP contribution in [0.3, 0.4) is 0 Å². The van der Waals surface area contributed by atoms with E-state index >= 15 is 0 Å². The lowest BCUT2D eigenvalue weighted by Gasteiger charge is -2.23. The molecule has 6 heteroatoms. The molecule has 0 fully saturated rings. The van der Waals surface area contributed by atoms with Crippen molar-refractivity contribution in [1.29, 1.82) is 0 Å². The smallest absolute Gasteiger partial charge is 0.244 e. The van der Waals surface area contributed by atoms with Crippen LogP contribution in [0.4, 0.5) is 11.6 Å². The number of rotatable bonds is 6. The van der Waals surface area contributed by atoms with Gasteiger partial charge in [0.25, 0.3) is 0 Å². The largest absolute Gasteiger partial charge is 0.392 e. The first-order valence-corrected chi connectivity index (χ1v) is 9.52. The molecule has 1 heterocycles. The van der Waals surface area contributed by atoms with Crippen LogP contribution in [0.2, 0.25) is 0 Å². The molecule has 3 aromatic rings. The summed E-state index contributed by atoms with van der Waals surface area (Å²) >= 11 is 0. The monoisotopic (exact) mass is 380 g/mol. The number of aromatic nitrogens is 2. The van der Waals surface area contributed by atoms with E-state index < -0.39 is 6.10 Å². The quantitative estimate of drug-likeness (QED) is 0.608. The van der Waals surface area contributed by atoms with Crippen LogP contribution in [0, 0.1) is 0 Å². The van der Waals surface area contributed by atoms with Gasteiger partial charge in [-0.3, -0.25) is 4.79 Å². The Balaban J connectivity index is 1.86. The summed E-state index contributed by atoms with van der Waals surface area (Å²) < 4.78 is 1.84. The fraction of sp³-hybridized carbons (Fsp3) is 0.364. The van der Waals surface area contributed by atoms with E-state index in [-0.39, 0.29) is 17.9 Å². The SMILES string of the molecule is CC(O)CNc1nc2ccccc2n1CC(=O)Nc1ccccc1C(C)(C)C. The summed E-state index contributed by atoms with van der Waals surface area (Å²) in [6.07, 6.45) is -0.513. The number of aliphatic hydroxyl groups excluding tert-OH is 1. The third kappa shape index (κ3) is 4.51. The van der Waals surface area contributed by atoms with E-state index in [9.17, 15) is 9.90 Å². The maximum atomic E-state index is 12.9.